The first-order valence-electron chi connectivity index (χ1n) is 4.37. The van der Waals surface area contributed by atoms with Crippen LogP contribution in [-0.2, 0) is 9.47 Å². The molecule has 0 saturated carbocycles. The molecule has 0 amide bonds. The normalized spacial score (nSPS) is 15.2. The van der Waals surface area contributed by atoms with Crippen LogP contribution in [-0.4, -0.2) is 25.4 Å². The first-order valence-corrected chi connectivity index (χ1v) is 4.37. The average Bonchev–Trinajstić information content (AvgIpc) is 2.10. The minimum Gasteiger partial charge on any atom is -0.379 e. The molecule has 0 radical (unpaired) electrons. The Kier molecular flexibility index (Phi) is 6.73. The number of hydrogen-bond donors (Lipinski definition) is 0. The maximum atomic E-state index is 8.58. The largest absolute Gasteiger partial charge is 0.379 e. The molecule has 3 heteroatoms. The SMILES string of the molecule is CCOCC(C)OC(C#N)CC. The van der Waals surface area contributed by atoms with Crippen molar-refractivity contribution in [2.24, 2.45) is 0 Å². The van der Waals surface area contributed by atoms with Crippen LogP contribution in [0.25, 0.3) is 0 Å². The van der Waals surface area contributed by atoms with E-state index in [1.165, 1.54) is 0 Å². The van der Waals surface area contributed by atoms with Crippen molar-refractivity contribution in [2.45, 2.75) is 39.4 Å². The second-order valence-corrected chi connectivity index (χ2v) is 2.63. The van der Waals surface area contributed by atoms with Crippen LogP contribution in [0.15, 0.2) is 0 Å². The number of rotatable bonds is 6. The molecule has 2 unspecified atom stereocenters. The van der Waals surface area contributed by atoms with E-state index in [4.69, 9.17) is 14.7 Å². The average molecular weight is 171 g/mol. The molecule has 3 nitrogen and oxygen atoms in total. The van der Waals surface area contributed by atoms with Crippen LogP contribution in [0.1, 0.15) is 27.2 Å². The highest BCUT2D eigenvalue weighted by Crippen LogP contribution is 2.01. The molecule has 0 bridgehead atoms. The van der Waals surface area contributed by atoms with Crippen molar-refractivity contribution in [3.05, 3.63) is 0 Å². The topological polar surface area (TPSA) is 42.2 Å². The zero-order valence-corrected chi connectivity index (χ0v) is 8.04. The van der Waals surface area contributed by atoms with Crippen molar-refractivity contribution in [1.82, 2.24) is 0 Å². The summed E-state index contributed by atoms with van der Waals surface area (Å²) in [5, 5.41) is 8.58. The number of nitrogens with zero attached hydrogens (tertiary/aromatic N) is 1. The van der Waals surface area contributed by atoms with Gasteiger partial charge in [-0.2, -0.15) is 5.26 Å². The van der Waals surface area contributed by atoms with Crippen molar-refractivity contribution < 1.29 is 9.47 Å². The van der Waals surface area contributed by atoms with E-state index >= 15 is 0 Å². The van der Waals surface area contributed by atoms with Gasteiger partial charge in [-0.1, -0.05) is 6.92 Å². The lowest BCUT2D eigenvalue weighted by molar-refractivity contribution is -0.0270. The lowest BCUT2D eigenvalue weighted by atomic mass is 10.3. The van der Waals surface area contributed by atoms with E-state index < -0.39 is 0 Å². The molecular formula is C9H17NO2. The van der Waals surface area contributed by atoms with Crippen LogP contribution in [0.3, 0.4) is 0 Å². The summed E-state index contributed by atoms with van der Waals surface area (Å²) in [6, 6.07) is 2.08. The lowest BCUT2D eigenvalue weighted by Gasteiger charge is -2.15. The molecule has 2 atom stereocenters. The highest BCUT2D eigenvalue weighted by molar-refractivity contribution is 4.83. The van der Waals surface area contributed by atoms with Gasteiger partial charge < -0.3 is 9.47 Å². The predicted molar refractivity (Wildman–Crippen MR) is 46.7 cm³/mol. The monoisotopic (exact) mass is 171 g/mol. The standard InChI is InChI=1S/C9H17NO2/c1-4-9(6-10)12-8(3)7-11-5-2/h8-9H,4-5,7H2,1-3H3. The van der Waals surface area contributed by atoms with Gasteiger partial charge in [0.15, 0.2) is 0 Å². The van der Waals surface area contributed by atoms with Gasteiger partial charge in [0.25, 0.3) is 0 Å². The molecule has 0 aliphatic heterocycles. The van der Waals surface area contributed by atoms with Crippen LogP contribution in [0, 0.1) is 11.3 Å². The molecule has 0 aromatic rings. The van der Waals surface area contributed by atoms with Crippen molar-refractivity contribution in [2.75, 3.05) is 13.2 Å². The molecule has 70 valence electrons. The van der Waals surface area contributed by atoms with Gasteiger partial charge in [-0.05, 0) is 20.3 Å². The highest BCUT2D eigenvalue weighted by Gasteiger charge is 2.09. The Balaban J connectivity index is 3.53. The molecule has 0 aliphatic rings. The maximum absolute atomic E-state index is 8.58. The van der Waals surface area contributed by atoms with Crippen molar-refractivity contribution in [3.8, 4) is 6.07 Å². The second-order valence-electron chi connectivity index (χ2n) is 2.63. The van der Waals surface area contributed by atoms with Gasteiger partial charge in [-0.3, -0.25) is 0 Å². The fraction of sp³-hybridized carbons (Fsp3) is 0.889. The second kappa shape index (κ2) is 7.08. The minimum atomic E-state index is -0.291. The highest BCUT2D eigenvalue weighted by atomic mass is 16.5. The summed E-state index contributed by atoms with van der Waals surface area (Å²) in [5.74, 6) is 0. The summed E-state index contributed by atoms with van der Waals surface area (Å²) in [7, 11) is 0. The molecule has 0 aromatic heterocycles. The molecule has 12 heavy (non-hydrogen) atoms. The Bertz CT molecular complexity index is 142. The molecule has 0 spiro atoms. The molecule has 0 saturated heterocycles. The maximum Gasteiger partial charge on any atom is 0.144 e. The predicted octanol–water partition coefficient (Wildman–Crippen LogP) is 1.73. The summed E-state index contributed by atoms with van der Waals surface area (Å²) in [5.41, 5.74) is 0. The van der Waals surface area contributed by atoms with E-state index in [0.717, 1.165) is 6.42 Å². The van der Waals surface area contributed by atoms with Crippen LogP contribution >= 0.6 is 0 Å². The van der Waals surface area contributed by atoms with Crippen molar-refractivity contribution >= 4 is 0 Å². The Morgan fingerprint density at radius 1 is 1.42 bits per heavy atom. The first-order chi connectivity index (χ1) is 5.74. The number of hydrogen-bond acceptors (Lipinski definition) is 3. The number of ether oxygens (including phenoxy) is 2. The summed E-state index contributed by atoms with van der Waals surface area (Å²) in [6.45, 7) is 7.04. The van der Waals surface area contributed by atoms with Gasteiger partial charge in [0, 0.05) is 6.61 Å². The fourth-order valence-corrected chi connectivity index (χ4v) is 0.821. The van der Waals surface area contributed by atoms with E-state index in [1.54, 1.807) is 0 Å². The molecule has 0 fully saturated rings. The van der Waals surface area contributed by atoms with Crippen LogP contribution in [0.5, 0.6) is 0 Å². The molecule has 0 aliphatic carbocycles. The van der Waals surface area contributed by atoms with E-state index in [2.05, 4.69) is 6.07 Å². The van der Waals surface area contributed by atoms with Crippen LogP contribution in [0.4, 0.5) is 0 Å². The molecular weight excluding hydrogens is 154 g/mol. The van der Waals surface area contributed by atoms with Gasteiger partial charge in [0.2, 0.25) is 0 Å². The quantitative estimate of drug-likeness (QED) is 0.611. The van der Waals surface area contributed by atoms with Crippen LogP contribution < -0.4 is 0 Å². The molecule has 0 rings (SSSR count). The molecule has 0 N–H and O–H groups in total. The third-order valence-electron chi connectivity index (χ3n) is 1.47. The smallest absolute Gasteiger partial charge is 0.144 e. The first kappa shape index (κ1) is 11.4. The van der Waals surface area contributed by atoms with Gasteiger partial charge >= 0.3 is 0 Å². The Morgan fingerprint density at radius 3 is 2.50 bits per heavy atom. The van der Waals surface area contributed by atoms with Crippen LogP contribution in [0.2, 0.25) is 0 Å². The van der Waals surface area contributed by atoms with Gasteiger partial charge in [-0.15, -0.1) is 0 Å². The third-order valence-corrected chi connectivity index (χ3v) is 1.47. The molecule has 0 heterocycles. The minimum absolute atomic E-state index is 0.00884. The summed E-state index contributed by atoms with van der Waals surface area (Å²) < 4.78 is 10.5. The Hall–Kier alpha value is -0.590. The zero-order valence-electron chi connectivity index (χ0n) is 8.04. The van der Waals surface area contributed by atoms with E-state index in [-0.39, 0.29) is 12.2 Å². The zero-order chi connectivity index (χ0) is 9.40. The molecule has 0 aromatic carbocycles. The van der Waals surface area contributed by atoms with Crippen molar-refractivity contribution in [1.29, 1.82) is 5.26 Å². The van der Waals surface area contributed by atoms with Crippen molar-refractivity contribution in [3.63, 3.8) is 0 Å². The van der Waals surface area contributed by atoms with E-state index in [1.807, 2.05) is 20.8 Å². The fourth-order valence-electron chi connectivity index (χ4n) is 0.821. The van der Waals surface area contributed by atoms with Gasteiger partial charge in [0.1, 0.15) is 6.10 Å². The van der Waals surface area contributed by atoms with Gasteiger partial charge in [0.05, 0.1) is 18.8 Å². The number of nitriles is 1. The summed E-state index contributed by atoms with van der Waals surface area (Å²) >= 11 is 0. The van der Waals surface area contributed by atoms with Gasteiger partial charge in [-0.25, -0.2) is 0 Å². The summed E-state index contributed by atoms with van der Waals surface area (Å²) in [4.78, 5) is 0. The lowest BCUT2D eigenvalue weighted by Crippen LogP contribution is -2.22. The van der Waals surface area contributed by atoms with E-state index in [0.29, 0.717) is 13.2 Å². The summed E-state index contributed by atoms with van der Waals surface area (Å²) in [6.07, 6.45) is 0.447. The Labute approximate surface area is 74.3 Å². The van der Waals surface area contributed by atoms with E-state index in [9.17, 15) is 0 Å². The third kappa shape index (κ3) is 5.11. The Morgan fingerprint density at radius 2 is 2.08 bits per heavy atom.